The first-order valence-electron chi connectivity index (χ1n) is 6.61. The van der Waals surface area contributed by atoms with Gasteiger partial charge in [-0.25, -0.2) is 4.79 Å². The summed E-state index contributed by atoms with van der Waals surface area (Å²) in [4.78, 5) is 10.9. The number of nitrogens with zero attached hydrogens (tertiary/aromatic N) is 1. The quantitative estimate of drug-likeness (QED) is 0.667. The molecule has 1 aromatic heterocycles. The minimum atomic E-state index is -1.43. The standard InChI is InChI=1S/C16H11Cl2NO4/c17-11-5-4-9(6-12(11)18)8-19-13-2-1-3-14(20)10(13)7-15(19)23-16(21)22/h1-7,20H,8H2,(H,21,22). The third kappa shape index (κ3) is 3.06. The number of halogens is 2. The van der Waals surface area contributed by atoms with E-state index in [1.54, 1.807) is 34.9 Å². The van der Waals surface area contributed by atoms with Gasteiger partial charge in [0.1, 0.15) is 5.75 Å². The maximum atomic E-state index is 10.9. The molecule has 0 aliphatic rings. The Morgan fingerprint density at radius 1 is 1.13 bits per heavy atom. The molecule has 0 radical (unpaired) electrons. The van der Waals surface area contributed by atoms with Crippen LogP contribution in [0.1, 0.15) is 5.56 Å². The lowest BCUT2D eigenvalue weighted by Gasteiger charge is -2.10. The van der Waals surface area contributed by atoms with Crippen molar-refractivity contribution in [3.63, 3.8) is 0 Å². The summed E-state index contributed by atoms with van der Waals surface area (Å²) >= 11 is 11.9. The summed E-state index contributed by atoms with van der Waals surface area (Å²) in [7, 11) is 0. The van der Waals surface area contributed by atoms with Crippen molar-refractivity contribution in [2.24, 2.45) is 0 Å². The molecule has 0 amide bonds. The van der Waals surface area contributed by atoms with Gasteiger partial charge < -0.3 is 19.5 Å². The highest BCUT2D eigenvalue weighted by Crippen LogP contribution is 2.33. The van der Waals surface area contributed by atoms with E-state index in [0.29, 0.717) is 27.5 Å². The molecule has 23 heavy (non-hydrogen) atoms. The van der Waals surface area contributed by atoms with Crippen molar-refractivity contribution in [3.05, 3.63) is 58.1 Å². The van der Waals surface area contributed by atoms with Crippen molar-refractivity contribution in [3.8, 4) is 11.6 Å². The number of carboxylic acid groups (broad SMARTS) is 1. The lowest BCUT2D eigenvalue weighted by Crippen LogP contribution is -2.09. The van der Waals surface area contributed by atoms with E-state index in [1.165, 1.54) is 12.1 Å². The second-order valence-electron chi connectivity index (χ2n) is 4.90. The fourth-order valence-electron chi connectivity index (χ4n) is 2.40. The highest BCUT2D eigenvalue weighted by molar-refractivity contribution is 6.42. The maximum Gasteiger partial charge on any atom is 0.512 e. The topological polar surface area (TPSA) is 71.7 Å². The average molecular weight is 352 g/mol. The third-order valence-corrected chi connectivity index (χ3v) is 4.14. The molecule has 118 valence electrons. The number of rotatable bonds is 3. The number of hydrogen-bond acceptors (Lipinski definition) is 3. The monoisotopic (exact) mass is 351 g/mol. The van der Waals surface area contributed by atoms with Gasteiger partial charge in [0.25, 0.3) is 0 Å². The van der Waals surface area contributed by atoms with E-state index in [9.17, 15) is 9.90 Å². The van der Waals surface area contributed by atoms with Crippen LogP contribution in [-0.4, -0.2) is 20.9 Å². The number of carbonyl (C=O) groups is 1. The van der Waals surface area contributed by atoms with E-state index in [0.717, 1.165) is 5.56 Å². The number of aromatic nitrogens is 1. The van der Waals surface area contributed by atoms with Crippen molar-refractivity contribution < 1.29 is 19.7 Å². The van der Waals surface area contributed by atoms with Gasteiger partial charge in [-0.15, -0.1) is 0 Å². The number of phenols is 1. The number of benzene rings is 2. The molecule has 5 nitrogen and oxygen atoms in total. The first kappa shape index (κ1) is 15.5. The number of hydrogen-bond donors (Lipinski definition) is 2. The van der Waals surface area contributed by atoms with Crippen LogP contribution in [0.4, 0.5) is 4.79 Å². The second-order valence-corrected chi connectivity index (χ2v) is 5.71. The molecule has 0 saturated carbocycles. The fraction of sp³-hybridized carbons (Fsp3) is 0.0625. The summed E-state index contributed by atoms with van der Waals surface area (Å²) in [6.07, 6.45) is -1.43. The fourth-order valence-corrected chi connectivity index (χ4v) is 2.72. The van der Waals surface area contributed by atoms with Crippen LogP contribution in [0.2, 0.25) is 10.0 Å². The summed E-state index contributed by atoms with van der Waals surface area (Å²) in [5.41, 5.74) is 1.46. The second kappa shape index (κ2) is 6.02. The zero-order valence-corrected chi connectivity index (χ0v) is 13.2. The first-order chi connectivity index (χ1) is 11.0. The zero-order valence-electron chi connectivity index (χ0n) is 11.7. The van der Waals surface area contributed by atoms with Crippen LogP contribution in [0.5, 0.6) is 11.6 Å². The first-order valence-corrected chi connectivity index (χ1v) is 7.37. The Bertz CT molecular complexity index is 904. The molecular formula is C16H11Cl2NO4. The Hall–Kier alpha value is -2.37. The van der Waals surface area contributed by atoms with Crippen molar-refractivity contribution >= 4 is 40.3 Å². The van der Waals surface area contributed by atoms with E-state index < -0.39 is 6.16 Å². The van der Waals surface area contributed by atoms with E-state index >= 15 is 0 Å². The lowest BCUT2D eigenvalue weighted by atomic mass is 10.2. The van der Waals surface area contributed by atoms with Crippen LogP contribution >= 0.6 is 23.2 Å². The van der Waals surface area contributed by atoms with Crippen molar-refractivity contribution in [1.82, 2.24) is 4.57 Å². The average Bonchev–Trinajstić information content (AvgIpc) is 2.82. The smallest absolute Gasteiger partial charge is 0.507 e. The minimum absolute atomic E-state index is 0.0469. The van der Waals surface area contributed by atoms with Crippen LogP contribution in [0, 0.1) is 0 Å². The highest BCUT2D eigenvalue weighted by atomic mass is 35.5. The Balaban J connectivity index is 2.11. The van der Waals surface area contributed by atoms with Crippen LogP contribution in [0.3, 0.4) is 0 Å². The largest absolute Gasteiger partial charge is 0.512 e. The van der Waals surface area contributed by atoms with Crippen molar-refractivity contribution in [2.45, 2.75) is 6.54 Å². The molecule has 0 spiro atoms. The van der Waals surface area contributed by atoms with Gasteiger partial charge in [0.05, 0.1) is 22.1 Å². The summed E-state index contributed by atoms with van der Waals surface area (Å²) < 4.78 is 6.46. The molecule has 0 atom stereocenters. The Morgan fingerprint density at radius 2 is 1.91 bits per heavy atom. The number of fused-ring (bicyclic) bond motifs is 1. The van der Waals surface area contributed by atoms with Gasteiger partial charge in [-0.05, 0) is 29.8 Å². The summed E-state index contributed by atoms with van der Waals surface area (Å²) in [5.74, 6) is 0.158. The predicted molar refractivity (Wildman–Crippen MR) is 87.8 cm³/mol. The molecule has 0 saturated heterocycles. The SMILES string of the molecule is O=C(O)Oc1cc2c(O)cccc2n1Cc1ccc(Cl)c(Cl)c1. The molecule has 3 rings (SSSR count). The molecule has 2 N–H and O–H groups in total. The summed E-state index contributed by atoms with van der Waals surface area (Å²) in [6, 6.07) is 11.6. The van der Waals surface area contributed by atoms with Crippen LogP contribution < -0.4 is 4.74 Å². The molecule has 0 aliphatic carbocycles. The Kier molecular flexibility index (Phi) is 4.07. The zero-order chi connectivity index (χ0) is 16.6. The normalized spacial score (nSPS) is 10.9. The van der Waals surface area contributed by atoms with E-state index in [-0.39, 0.29) is 11.6 Å². The van der Waals surface area contributed by atoms with Gasteiger partial charge in [0, 0.05) is 11.5 Å². The van der Waals surface area contributed by atoms with E-state index in [4.69, 9.17) is 33.0 Å². The molecule has 1 heterocycles. The molecular weight excluding hydrogens is 341 g/mol. The lowest BCUT2D eigenvalue weighted by molar-refractivity contribution is 0.141. The molecule has 0 aliphatic heterocycles. The van der Waals surface area contributed by atoms with E-state index in [2.05, 4.69) is 0 Å². The molecule has 0 unspecified atom stereocenters. The van der Waals surface area contributed by atoms with E-state index in [1.807, 2.05) is 0 Å². The molecule has 3 aromatic rings. The van der Waals surface area contributed by atoms with Crippen molar-refractivity contribution in [1.29, 1.82) is 0 Å². The van der Waals surface area contributed by atoms with Gasteiger partial charge in [0.2, 0.25) is 5.88 Å². The Morgan fingerprint density at radius 3 is 2.61 bits per heavy atom. The van der Waals surface area contributed by atoms with Gasteiger partial charge >= 0.3 is 6.16 Å². The van der Waals surface area contributed by atoms with Crippen molar-refractivity contribution in [2.75, 3.05) is 0 Å². The summed E-state index contributed by atoms with van der Waals surface area (Å²) in [5, 5.41) is 20.2. The minimum Gasteiger partial charge on any atom is -0.507 e. The molecule has 0 fully saturated rings. The highest BCUT2D eigenvalue weighted by Gasteiger charge is 2.15. The van der Waals surface area contributed by atoms with Crippen LogP contribution in [0.25, 0.3) is 10.9 Å². The predicted octanol–water partition coefficient (Wildman–Crippen LogP) is 4.76. The maximum absolute atomic E-state index is 10.9. The number of phenolic OH excluding ortho intramolecular Hbond substituents is 1. The Labute approximate surface area is 141 Å². The molecule has 2 aromatic carbocycles. The van der Waals surface area contributed by atoms with Gasteiger partial charge in [-0.1, -0.05) is 35.3 Å². The van der Waals surface area contributed by atoms with Gasteiger partial charge in [-0.3, -0.25) is 0 Å². The summed E-state index contributed by atoms with van der Waals surface area (Å²) in [6.45, 7) is 0.312. The van der Waals surface area contributed by atoms with Gasteiger partial charge in [-0.2, -0.15) is 0 Å². The van der Waals surface area contributed by atoms with Gasteiger partial charge in [0.15, 0.2) is 0 Å². The van der Waals surface area contributed by atoms with Crippen LogP contribution in [-0.2, 0) is 6.54 Å². The molecule has 0 bridgehead atoms. The number of aromatic hydroxyl groups is 1. The third-order valence-electron chi connectivity index (χ3n) is 3.40. The number of ether oxygens (including phenoxy) is 1. The van der Waals surface area contributed by atoms with Crippen LogP contribution in [0.15, 0.2) is 42.5 Å². The molecule has 7 heteroatoms.